The standard InChI is InChI=1S/C17H18N2O7S2/c20-15(3-4-16(21)22)18-17-19(11-7-28(23,24)8-14(11)27-17)6-10-1-2-12-13(5-10)26-9-25-12/h1-2,5,11,14H,3-4,6-9H2,(H,21,22)/t11-,14+/m0/s1. The van der Waals surface area contributed by atoms with Gasteiger partial charge in [-0.25, -0.2) is 8.42 Å². The van der Waals surface area contributed by atoms with Gasteiger partial charge in [-0.1, -0.05) is 17.8 Å². The molecule has 0 radical (unpaired) electrons. The number of aliphatic imine (C=N–C) groups is 1. The van der Waals surface area contributed by atoms with Crippen LogP contribution in [0.4, 0.5) is 0 Å². The Morgan fingerprint density at radius 3 is 2.79 bits per heavy atom. The fraction of sp³-hybridized carbons (Fsp3) is 0.471. The number of hydrogen-bond donors (Lipinski definition) is 1. The predicted octanol–water partition coefficient (Wildman–Crippen LogP) is 0.877. The third kappa shape index (κ3) is 3.95. The number of carboxylic acids is 1. The van der Waals surface area contributed by atoms with E-state index in [4.69, 9.17) is 14.6 Å². The monoisotopic (exact) mass is 426 g/mol. The van der Waals surface area contributed by atoms with E-state index in [2.05, 4.69) is 4.99 Å². The molecule has 2 saturated heterocycles. The summed E-state index contributed by atoms with van der Waals surface area (Å²) in [4.78, 5) is 28.6. The van der Waals surface area contributed by atoms with Crippen molar-refractivity contribution in [3.05, 3.63) is 23.8 Å². The molecule has 3 heterocycles. The molecule has 2 fully saturated rings. The molecule has 0 aliphatic carbocycles. The molecule has 0 aromatic heterocycles. The van der Waals surface area contributed by atoms with Crippen molar-refractivity contribution in [1.82, 2.24) is 4.90 Å². The summed E-state index contributed by atoms with van der Waals surface area (Å²) in [6.07, 6.45) is -0.478. The predicted molar refractivity (Wildman–Crippen MR) is 101 cm³/mol. The van der Waals surface area contributed by atoms with E-state index in [-0.39, 0.29) is 42.4 Å². The van der Waals surface area contributed by atoms with E-state index in [9.17, 15) is 18.0 Å². The zero-order valence-electron chi connectivity index (χ0n) is 14.7. The second-order valence-corrected chi connectivity index (χ2v) is 10.2. The van der Waals surface area contributed by atoms with Gasteiger partial charge in [-0.05, 0) is 17.7 Å². The highest BCUT2D eigenvalue weighted by atomic mass is 32.2. The Hall–Kier alpha value is -2.27. The zero-order chi connectivity index (χ0) is 19.9. The van der Waals surface area contributed by atoms with Crippen LogP contribution in [-0.2, 0) is 26.0 Å². The first-order valence-corrected chi connectivity index (χ1v) is 11.4. The highest BCUT2D eigenvalue weighted by Crippen LogP contribution is 2.40. The Bertz CT molecular complexity index is 960. The number of benzene rings is 1. The summed E-state index contributed by atoms with van der Waals surface area (Å²) in [6, 6.07) is 5.21. The number of ether oxygens (including phenoxy) is 2. The minimum atomic E-state index is -3.14. The molecule has 0 saturated carbocycles. The molecule has 3 aliphatic rings. The van der Waals surface area contributed by atoms with Crippen LogP contribution < -0.4 is 9.47 Å². The van der Waals surface area contributed by atoms with Gasteiger partial charge in [-0.15, -0.1) is 0 Å². The average molecular weight is 426 g/mol. The summed E-state index contributed by atoms with van der Waals surface area (Å²) >= 11 is 1.27. The van der Waals surface area contributed by atoms with Crippen molar-refractivity contribution < 1.29 is 32.6 Å². The minimum Gasteiger partial charge on any atom is -0.481 e. The Morgan fingerprint density at radius 1 is 1.21 bits per heavy atom. The van der Waals surface area contributed by atoms with Crippen LogP contribution in [0, 0.1) is 0 Å². The Morgan fingerprint density at radius 2 is 2.00 bits per heavy atom. The van der Waals surface area contributed by atoms with Crippen molar-refractivity contribution >= 4 is 38.6 Å². The van der Waals surface area contributed by atoms with Gasteiger partial charge in [-0.2, -0.15) is 4.99 Å². The summed E-state index contributed by atoms with van der Waals surface area (Å²) in [5.41, 5.74) is 0.875. The van der Waals surface area contributed by atoms with E-state index in [0.29, 0.717) is 23.2 Å². The Labute approximate surface area is 165 Å². The van der Waals surface area contributed by atoms with Crippen LogP contribution in [-0.4, -0.2) is 65.1 Å². The van der Waals surface area contributed by atoms with Crippen LogP contribution in [0.2, 0.25) is 0 Å². The molecular weight excluding hydrogens is 408 g/mol. The lowest BCUT2D eigenvalue weighted by Crippen LogP contribution is -2.37. The molecule has 0 bridgehead atoms. The topological polar surface area (TPSA) is 123 Å². The molecule has 11 heteroatoms. The number of amides is 1. The van der Waals surface area contributed by atoms with Gasteiger partial charge in [0, 0.05) is 18.2 Å². The summed E-state index contributed by atoms with van der Waals surface area (Å²) in [7, 11) is -3.14. The Kier molecular flexibility index (Phi) is 4.96. The first-order chi connectivity index (χ1) is 13.3. The van der Waals surface area contributed by atoms with Crippen molar-refractivity contribution in [2.45, 2.75) is 30.7 Å². The van der Waals surface area contributed by atoms with Crippen LogP contribution in [0.5, 0.6) is 11.5 Å². The molecule has 150 valence electrons. The molecule has 1 aromatic rings. The number of carbonyl (C=O) groups excluding carboxylic acids is 1. The summed E-state index contributed by atoms with van der Waals surface area (Å²) in [6.45, 7) is 0.525. The van der Waals surface area contributed by atoms with Crippen molar-refractivity contribution in [2.75, 3.05) is 18.3 Å². The second kappa shape index (κ2) is 7.28. The van der Waals surface area contributed by atoms with E-state index >= 15 is 0 Å². The number of carboxylic acid groups (broad SMARTS) is 1. The summed E-state index contributed by atoms with van der Waals surface area (Å²) in [5, 5.41) is 8.98. The number of rotatable bonds is 5. The molecular formula is C17H18N2O7S2. The van der Waals surface area contributed by atoms with Crippen LogP contribution >= 0.6 is 11.8 Å². The number of hydrogen-bond acceptors (Lipinski definition) is 7. The molecule has 4 rings (SSSR count). The molecule has 9 nitrogen and oxygen atoms in total. The van der Waals surface area contributed by atoms with Gasteiger partial charge in [0.15, 0.2) is 26.5 Å². The van der Waals surface area contributed by atoms with Crippen LogP contribution in [0.25, 0.3) is 0 Å². The van der Waals surface area contributed by atoms with Crippen molar-refractivity contribution in [3.8, 4) is 11.5 Å². The highest BCUT2D eigenvalue weighted by molar-refractivity contribution is 8.15. The number of nitrogens with zero attached hydrogens (tertiary/aromatic N) is 2. The van der Waals surface area contributed by atoms with Crippen molar-refractivity contribution in [2.24, 2.45) is 4.99 Å². The fourth-order valence-electron chi connectivity index (χ4n) is 3.43. The molecule has 1 aromatic carbocycles. The van der Waals surface area contributed by atoms with Gasteiger partial charge >= 0.3 is 5.97 Å². The summed E-state index contributed by atoms with van der Waals surface area (Å²) in [5.74, 6) is -0.259. The number of carbonyl (C=O) groups is 2. The third-order valence-corrected chi connectivity index (χ3v) is 7.99. The van der Waals surface area contributed by atoms with E-state index in [1.807, 2.05) is 17.0 Å². The maximum Gasteiger partial charge on any atom is 0.303 e. The molecule has 0 spiro atoms. The lowest BCUT2D eigenvalue weighted by molar-refractivity contribution is -0.138. The van der Waals surface area contributed by atoms with Crippen molar-refractivity contribution in [1.29, 1.82) is 0 Å². The number of sulfone groups is 1. The number of aliphatic carboxylic acids is 1. The highest BCUT2D eigenvalue weighted by Gasteiger charge is 2.48. The van der Waals surface area contributed by atoms with E-state index < -0.39 is 21.7 Å². The maximum atomic E-state index is 12.1. The maximum absolute atomic E-state index is 12.1. The molecule has 28 heavy (non-hydrogen) atoms. The van der Waals surface area contributed by atoms with E-state index in [1.165, 1.54) is 11.8 Å². The largest absolute Gasteiger partial charge is 0.481 e. The minimum absolute atomic E-state index is 0.0115. The average Bonchev–Trinajstić information content (AvgIpc) is 3.27. The zero-order valence-corrected chi connectivity index (χ0v) is 16.4. The molecule has 0 unspecified atom stereocenters. The van der Waals surface area contributed by atoms with E-state index in [0.717, 1.165) is 5.56 Å². The van der Waals surface area contributed by atoms with Crippen LogP contribution in [0.1, 0.15) is 18.4 Å². The quantitative estimate of drug-likeness (QED) is 0.731. The normalized spacial score (nSPS) is 25.9. The molecule has 1 amide bonds. The van der Waals surface area contributed by atoms with E-state index in [1.54, 1.807) is 6.07 Å². The van der Waals surface area contributed by atoms with Crippen LogP contribution in [0.15, 0.2) is 23.2 Å². The van der Waals surface area contributed by atoms with Gasteiger partial charge in [0.1, 0.15) is 0 Å². The molecule has 2 atom stereocenters. The van der Waals surface area contributed by atoms with Crippen LogP contribution in [0.3, 0.4) is 0 Å². The van der Waals surface area contributed by atoms with Gasteiger partial charge in [-0.3, -0.25) is 9.59 Å². The smallest absolute Gasteiger partial charge is 0.303 e. The van der Waals surface area contributed by atoms with Gasteiger partial charge in [0.05, 0.1) is 24.0 Å². The first-order valence-electron chi connectivity index (χ1n) is 8.66. The van der Waals surface area contributed by atoms with Gasteiger partial charge < -0.3 is 19.5 Å². The summed E-state index contributed by atoms with van der Waals surface area (Å²) < 4.78 is 34.8. The fourth-order valence-corrected chi connectivity index (χ4v) is 7.40. The number of thioether (sulfide) groups is 1. The first kappa shape index (κ1) is 19.1. The number of amidine groups is 1. The Balaban J connectivity index is 1.57. The van der Waals surface area contributed by atoms with Gasteiger partial charge in [0.2, 0.25) is 12.7 Å². The lowest BCUT2D eigenvalue weighted by Gasteiger charge is -2.24. The molecule has 1 N–H and O–H groups in total. The van der Waals surface area contributed by atoms with Gasteiger partial charge in [0.25, 0.3) is 0 Å². The third-order valence-electron chi connectivity index (χ3n) is 4.74. The molecule has 3 aliphatic heterocycles. The lowest BCUT2D eigenvalue weighted by atomic mass is 10.1. The SMILES string of the molecule is O=C(O)CCC(=O)N=C1S[C@@H]2CS(=O)(=O)C[C@@H]2N1Cc1ccc2c(c1)OCO2. The van der Waals surface area contributed by atoms with Crippen molar-refractivity contribution in [3.63, 3.8) is 0 Å². The second-order valence-electron chi connectivity index (χ2n) is 6.80. The number of fused-ring (bicyclic) bond motifs is 2.